The average molecular weight is 324 g/mol. The first-order valence-corrected chi connectivity index (χ1v) is 6.51. The van der Waals surface area contributed by atoms with E-state index in [4.69, 9.17) is 4.74 Å². The number of carbonyl (C=O) groups is 1. The minimum atomic E-state index is -0.176. The summed E-state index contributed by atoms with van der Waals surface area (Å²) in [6, 6.07) is 5.29. The molecule has 100 valence electrons. The van der Waals surface area contributed by atoms with Crippen LogP contribution in [0.15, 0.2) is 28.9 Å². The van der Waals surface area contributed by atoms with Crippen molar-refractivity contribution in [3.63, 3.8) is 0 Å². The normalized spacial score (nSPS) is 10.3. The van der Waals surface area contributed by atoms with Gasteiger partial charge in [0.25, 0.3) is 5.91 Å². The number of methoxy groups -OCH3 is 1. The SMILES string of the molecule is COc1cc(Br)ccc1C(=O)NCc1cn[nH]c1C. The van der Waals surface area contributed by atoms with E-state index in [-0.39, 0.29) is 5.91 Å². The lowest BCUT2D eigenvalue weighted by Crippen LogP contribution is -2.23. The van der Waals surface area contributed by atoms with Crippen molar-refractivity contribution in [1.82, 2.24) is 15.5 Å². The van der Waals surface area contributed by atoms with Crippen LogP contribution in [-0.4, -0.2) is 23.2 Å². The maximum absolute atomic E-state index is 12.1. The monoisotopic (exact) mass is 323 g/mol. The van der Waals surface area contributed by atoms with Crippen LogP contribution in [0, 0.1) is 6.92 Å². The molecule has 1 aromatic heterocycles. The van der Waals surface area contributed by atoms with E-state index in [1.54, 1.807) is 31.5 Å². The number of hydrogen-bond acceptors (Lipinski definition) is 3. The summed E-state index contributed by atoms with van der Waals surface area (Å²) in [6.07, 6.45) is 1.70. The van der Waals surface area contributed by atoms with Gasteiger partial charge < -0.3 is 10.1 Å². The second-order valence-electron chi connectivity index (χ2n) is 4.05. The molecular weight excluding hydrogens is 310 g/mol. The van der Waals surface area contributed by atoms with Crippen molar-refractivity contribution >= 4 is 21.8 Å². The number of hydrogen-bond donors (Lipinski definition) is 2. The van der Waals surface area contributed by atoms with Crippen molar-refractivity contribution in [2.24, 2.45) is 0 Å². The van der Waals surface area contributed by atoms with Crippen LogP contribution in [0.3, 0.4) is 0 Å². The Bertz CT molecular complexity index is 595. The summed E-state index contributed by atoms with van der Waals surface area (Å²) in [5.41, 5.74) is 2.42. The lowest BCUT2D eigenvalue weighted by atomic mass is 10.2. The number of nitrogens with one attached hydrogen (secondary N) is 2. The minimum absolute atomic E-state index is 0.176. The zero-order chi connectivity index (χ0) is 13.8. The molecule has 0 atom stereocenters. The van der Waals surface area contributed by atoms with Crippen molar-refractivity contribution in [2.45, 2.75) is 13.5 Å². The number of ether oxygens (including phenoxy) is 1. The van der Waals surface area contributed by atoms with Crippen LogP contribution in [-0.2, 0) is 6.54 Å². The predicted octanol–water partition coefficient (Wildman–Crippen LogP) is 2.42. The Kier molecular flexibility index (Phi) is 4.21. The number of amides is 1. The highest BCUT2D eigenvalue weighted by atomic mass is 79.9. The van der Waals surface area contributed by atoms with Gasteiger partial charge in [-0.05, 0) is 25.1 Å². The first-order valence-electron chi connectivity index (χ1n) is 5.72. The fraction of sp³-hybridized carbons (Fsp3) is 0.231. The number of aromatic amines is 1. The van der Waals surface area contributed by atoms with Crippen LogP contribution in [0.5, 0.6) is 5.75 Å². The molecule has 0 saturated carbocycles. The van der Waals surface area contributed by atoms with E-state index >= 15 is 0 Å². The van der Waals surface area contributed by atoms with Gasteiger partial charge in [-0.25, -0.2) is 0 Å². The van der Waals surface area contributed by atoms with Gasteiger partial charge in [-0.15, -0.1) is 0 Å². The summed E-state index contributed by atoms with van der Waals surface area (Å²) in [6.45, 7) is 2.34. The first-order chi connectivity index (χ1) is 9.11. The van der Waals surface area contributed by atoms with Crippen molar-refractivity contribution in [1.29, 1.82) is 0 Å². The lowest BCUT2D eigenvalue weighted by molar-refractivity contribution is 0.0948. The fourth-order valence-electron chi connectivity index (χ4n) is 1.68. The molecule has 0 spiro atoms. The number of aromatic nitrogens is 2. The summed E-state index contributed by atoms with van der Waals surface area (Å²) in [7, 11) is 1.54. The highest BCUT2D eigenvalue weighted by Crippen LogP contribution is 2.23. The van der Waals surface area contributed by atoms with Gasteiger partial charge in [0.1, 0.15) is 5.75 Å². The Morgan fingerprint density at radius 2 is 2.32 bits per heavy atom. The summed E-state index contributed by atoms with van der Waals surface area (Å²) in [5, 5.41) is 9.58. The molecule has 2 aromatic rings. The zero-order valence-electron chi connectivity index (χ0n) is 10.7. The van der Waals surface area contributed by atoms with E-state index in [2.05, 4.69) is 31.4 Å². The van der Waals surface area contributed by atoms with Crippen molar-refractivity contribution in [3.8, 4) is 5.75 Å². The van der Waals surface area contributed by atoms with Crippen LogP contribution < -0.4 is 10.1 Å². The molecule has 19 heavy (non-hydrogen) atoms. The highest BCUT2D eigenvalue weighted by Gasteiger charge is 2.12. The number of benzene rings is 1. The van der Waals surface area contributed by atoms with Gasteiger partial charge >= 0.3 is 0 Å². The third-order valence-corrected chi connectivity index (χ3v) is 3.28. The topological polar surface area (TPSA) is 67.0 Å². The third kappa shape index (κ3) is 3.14. The molecule has 0 radical (unpaired) electrons. The maximum atomic E-state index is 12.1. The Morgan fingerprint density at radius 1 is 1.53 bits per heavy atom. The minimum Gasteiger partial charge on any atom is -0.496 e. The molecule has 2 N–H and O–H groups in total. The molecule has 0 aliphatic rings. The van der Waals surface area contributed by atoms with E-state index in [0.29, 0.717) is 17.9 Å². The second kappa shape index (κ2) is 5.88. The number of H-pyrrole nitrogens is 1. The van der Waals surface area contributed by atoms with Gasteiger partial charge in [-0.1, -0.05) is 15.9 Å². The molecule has 0 saturated heterocycles. The Morgan fingerprint density at radius 3 is 2.95 bits per heavy atom. The average Bonchev–Trinajstić information content (AvgIpc) is 2.81. The van der Waals surface area contributed by atoms with Crippen LogP contribution in [0.4, 0.5) is 0 Å². The Balaban J connectivity index is 2.10. The van der Waals surface area contributed by atoms with Crippen LogP contribution in [0.1, 0.15) is 21.6 Å². The first kappa shape index (κ1) is 13.6. The van der Waals surface area contributed by atoms with Crippen LogP contribution in [0.25, 0.3) is 0 Å². The van der Waals surface area contributed by atoms with Crippen molar-refractivity contribution in [2.75, 3.05) is 7.11 Å². The molecule has 1 heterocycles. The van der Waals surface area contributed by atoms with Crippen molar-refractivity contribution < 1.29 is 9.53 Å². The molecule has 1 aromatic carbocycles. The fourth-order valence-corrected chi connectivity index (χ4v) is 2.02. The Hall–Kier alpha value is -1.82. The number of halogens is 1. The van der Waals surface area contributed by atoms with Crippen LogP contribution in [0.2, 0.25) is 0 Å². The molecule has 0 unspecified atom stereocenters. The smallest absolute Gasteiger partial charge is 0.255 e. The molecule has 5 nitrogen and oxygen atoms in total. The third-order valence-electron chi connectivity index (χ3n) is 2.78. The lowest BCUT2D eigenvalue weighted by Gasteiger charge is -2.09. The van der Waals surface area contributed by atoms with E-state index in [0.717, 1.165) is 15.7 Å². The van der Waals surface area contributed by atoms with E-state index < -0.39 is 0 Å². The summed E-state index contributed by atoms with van der Waals surface area (Å²) in [5.74, 6) is 0.362. The molecule has 0 fully saturated rings. The molecule has 6 heteroatoms. The molecular formula is C13H14BrN3O2. The van der Waals surface area contributed by atoms with Gasteiger partial charge in [0, 0.05) is 22.3 Å². The van der Waals surface area contributed by atoms with Crippen molar-refractivity contribution in [3.05, 3.63) is 45.7 Å². The summed E-state index contributed by atoms with van der Waals surface area (Å²) >= 11 is 3.34. The number of nitrogens with zero attached hydrogens (tertiary/aromatic N) is 1. The zero-order valence-corrected chi connectivity index (χ0v) is 12.2. The molecule has 0 bridgehead atoms. The van der Waals surface area contributed by atoms with Gasteiger partial charge in [0.05, 0.1) is 18.9 Å². The van der Waals surface area contributed by atoms with E-state index in [9.17, 15) is 4.79 Å². The maximum Gasteiger partial charge on any atom is 0.255 e. The highest BCUT2D eigenvalue weighted by molar-refractivity contribution is 9.10. The Labute approximate surface area is 119 Å². The number of aryl methyl sites for hydroxylation is 1. The van der Waals surface area contributed by atoms with E-state index in [1.165, 1.54) is 0 Å². The second-order valence-corrected chi connectivity index (χ2v) is 4.96. The van der Waals surface area contributed by atoms with Gasteiger partial charge in [0.15, 0.2) is 0 Å². The predicted molar refractivity (Wildman–Crippen MR) is 75.2 cm³/mol. The van der Waals surface area contributed by atoms with Crippen LogP contribution >= 0.6 is 15.9 Å². The summed E-state index contributed by atoms with van der Waals surface area (Å²) < 4.78 is 6.07. The van der Waals surface area contributed by atoms with Gasteiger partial charge in [-0.2, -0.15) is 5.10 Å². The molecule has 1 amide bonds. The molecule has 0 aliphatic heterocycles. The van der Waals surface area contributed by atoms with Gasteiger partial charge in [0.2, 0.25) is 0 Å². The molecule has 0 aliphatic carbocycles. The number of carbonyl (C=O) groups excluding carboxylic acids is 1. The van der Waals surface area contributed by atoms with E-state index in [1.807, 2.05) is 6.92 Å². The quantitative estimate of drug-likeness (QED) is 0.908. The summed E-state index contributed by atoms with van der Waals surface area (Å²) in [4.78, 5) is 12.1. The standard InChI is InChI=1S/C13H14BrN3O2/c1-8-9(7-16-17-8)6-15-13(18)11-4-3-10(14)5-12(11)19-2/h3-5,7H,6H2,1-2H3,(H,15,18)(H,16,17). The molecule has 2 rings (SSSR count). The van der Waals surface area contributed by atoms with Gasteiger partial charge in [-0.3, -0.25) is 9.89 Å². The number of rotatable bonds is 4. The largest absolute Gasteiger partial charge is 0.496 e.